The molecule has 0 fully saturated rings. The average Bonchev–Trinajstić information content (AvgIpc) is 3.30. The van der Waals surface area contributed by atoms with Crippen LogP contribution in [-0.4, -0.2) is 22.9 Å². The monoisotopic (exact) mass is 432 g/mol. The van der Waals surface area contributed by atoms with Crippen LogP contribution in [0.1, 0.15) is 11.5 Å². The average molecular weight is 432 g/mol. The molecular formula is C17H10F6N4OS. The number of halogens is 6. The van der Waals surface area contributed by atoms with Gasteiger partial charge in [0.25, 0.3) is 0 Å². The normalized spacial score (nSPS) is 12.0. The van der Waals surface area contributed by atoms with Crippen LogP contribution < -0.4 is 4.90 Å². The molecule has 152 valence electrons. The van der Waals surface area contributed by atoms with E-state index in [2.05, 4.69) is 15.0 Å². The summed E-state index contributed by atoms with van der Waals surface area (Å²) in [6.07, 6.45) is -9.59. The fraction of sp³-hybridized carbons (Fsp3) is 0.235. The minimum atomic E-state index is -4.89. The molecule has 0 N–H and O–H groups in total. The van der Waals surface area contributed by atoms with Gasteiger partial charge in [0.05, 0.1) is 18.7 Å². The molecule has 12 heteroatoms. The van der Waals surface area contributed by atoms with Gasteiger partial charge in [0.2, 0.25) is 11.8 Å². The van der Waals surface area contributed by atoms with Crippen molar-refractivity contribution in [2.45, 2.75) is 18.9 Å². The predicted molar refractivity (Wildman–Crippen MR) is 92.4 cm³/mol. The summed E-state index contributed by atoms with van der Waals surface area (Å²) in [5.74, 6) is -0.106. The number of nitrogens with zero attached hydrogens (tertiary/aromatic N) is 4. The molecule has 3 aromatic rings. The predicted octanol–water partition coefficient (Wildman–Crippen LogP) is 5.94. The number of aromatic nitrogens is 2. The number of rotatable bonds is 5. The summed E-state index contributed by atoms with van der Waals surface area (Å²) >= 11 is 1.35. The second kappa shape index (κ2) is 7.75. The van der Waals surface area contributed by atoms with E-state index >= 15 is 0 Å². The van der Waals surface area contributed by atoms with Gasteiger partial charge in [-0.3, -0.25) is 0 Å². The zero-order valence-electron chi connectivity index (χ0n) is 14.3. The molecule has 2 heterocycles. The minimum Gasteiger partial charge on any atom is -0.419 e. The Morgan fingerprint density at radius 3 is 2.45 bits per heavy atom. The van der Waals surface area contributed by atoms with Crippen LogP contribution in [0.25, 0.3) is 16.3 Å². The maximum absolute atomic E-state index is 13.2. The third-order valence-corrected chi connectivity index (χ3v) is 4.39. The van der Waals surface area contributed by atoms with Crippen molar-refractivity contribution in [1.82, 2.24) is 10.2 Å². The fourth-order valence-corrected chi connectivity index (χ4v) is 3.11. The van der Waals surface area contributed by atoms with Crippen molar-refractivity contribution in [1.29, 1.82) is 0 Å². The van der Waals surface area contributed by atoms with Gasteiger partial charge in [0, 0.05) is 16.6 Å². The summed E-state index contributed by atoms with van der Waals surface area (Å²) in [6.45, 7) is 4.73. The van der Waals surface area contributed by atoms with Crippen LogP contribution in [0.5, 0.6) is 0 Å². The SMILES string of the molecule is [C-]#[N+]c1ccc(N(Cc2nnc(-c3ccsc3)o2)CC(F)(F)F)cc1C(F)(F)F. The summed E-state index contributed by atoms with van der Waals surface area (Å²) in [5.41, 5.74) is -1.82. The standard InChI is InChI=1S/C17H10F6N4OS/c1-24-13-3-2-11(6-12(13)17(21,22)23)27(9-16(18,19)20)7-14-25-26-15(28-14)10-4-5-29-8-10/h2-6,8H,7,9H2. The van der Waals surface area contributed by atoms with Gasteiger partial charge in [0.1, 0.15) is 6.54 Å². The van der Waals surface area contributed by atoms with Crippen molar-refractivity contribution < 1.29 is 30.8 Å². The van der Waals surface area contributed by atoms with Gasteiger partial charge in [-0.15, -0.1) is 10.2 Å². The number of alkyl halides is 6. The highest BCUT2D eigenvalue weighted by atomic mass is 32.1. The van der Waals surface area contributed by atoms with Gasteiger partial charge in [0.15, 0.2) is 5.69 Å². The zero-order valence-corrected chi connectivity index (χ0v) is 15.1. The molecule has 0 aliphatic carbocycles. The second-order valence-electron chi connectivity index (χ2n) is 5.80. The van der Waals surface area contributed by atoms with Crippen LogP contribution in [-0.2, 0) is 12.7 Å². The molecule has 0 atom stereocenters. The number of benzene rings is 1. The Morgan fingerprint density at radius 2 is 1.86 bits per heavy atom. The smallest absolute Gasteiger partial charge is 0.407 e. The van der Waals surface area contributed by atoms with Crippen LogP contribution in [0.4, 0.5) is 37.7 Å². The van der Waals surface area contributed by atoms with E-state index in [4.69, 9.17) is 11.0 Å². The quantitative estimate of drug-likeness (QED) is 0.370. The first-order valence-corrected chi connectivity index (χ1v) is 8.76. The Kier molecular flexibility index (Phi) is 5.52. The summed E-state index contributed by atoms with van der Waals surface area (Å²) in [6, 6.07) is 4.03. The number of anilines is 1. The molecule has 1 aromatic carbocycles. The fourth-order valence-electron chi connectivity index (χ4n) is 2.48. The summed E-state index contributed by atoms with van der Waals surface area (Å²) in [4.78, 5) is 3.41. The number of thiophene rings is 1. The van der Waals surface area contributed by atoms with Gasteiger partial charge in [-0.2, -0.15) is 37.7 Å². The molecule has 0 radical (unpaired) electrons. The van der Waals surface area contributed by atoms with Crippen LogP contribution in [0, 0.1) is 6.57 Å². The topological polar surface area (TPSA) is 46.5 Å². The van der Waals surface area contributed by atoms with E-state index in [0.29, 0.717) is 16.5 Å². The first-order chi connectivity index (χ1) is 13.6. The molecule has 5 nitrogen and oxygen atoms in total. The number of hydrogen-bond acceptors (Lipinski definition) is 5. The largest absolute Gasteiger partial charge is 0.419 e. The molecule has 0 saturated heterocycles. The minimum absolute atomic E-state index is 0.0903. The van der Waals surface area contributed by atoms with Crippen molar-refractivity contribution in [2.24, 2.45) is 0 Å². The molecule has 0 unspecified atom stereocenters. The molecule has 0 bridgehead atoms. The third-order valence-electron chi connectivity index (χ3n) is 3.70. The molecule has 29 heavy (non-hydrogen) atoms. The van der Waals surface area contributed by atoms with Crippen LogP contribution in [0.3, 0.4) is 0 Å². The lowest BCUT2D eigenvalue weighted by molar-refractivity contribution is -0.136. The van der Waals surface area contributed by atoms with Crippen molar-refractivity contribution >= 4 is 22.7 Å². The Hall–Kier alpha value is -3.07. The van der Waals surface area contributed by atoms with Gasteiger partial charge >= 0.3 is 12.4 Å². The van der Waals surface area contributed by atoms with E-state index in [1.807, 2.05) is 0 Å². The van der Waals surface area contributed by atoms with Crippen LogP contribution in [0.15, 0.2) is 39.4 Å². The third kappa shape index (κ3) is 5.05. The molecule has 3 rings (SSSR count). The Morgan fingerprint density at radius 1 is 1.10 bits per heavy atom. The highest BCUT2D eigenvalue weighted by Gasteiger charge is 2.36. The van der Waals surface area contributed by atoms with Crippen molar-refractivity contribution in [3.63, 3.8) is 0 Å². The highest BCUT2D eigenvalue weighted by Crippen LogP contribution is 2.39. The van der Waals surface area contributed by atoms with E-state index in [1.54, 1.807) is 16.8 Å². The summed E-state index contributed by atoms with van der Waals surface area (Å²) < 4.78 is 84.0. The van der Waals surface area contributed by atoms with Crippen molar-refractivity contribution in [3.05, 3.63) is 57.9 Å². The van der Waals surface area contributed by atoms with E-state index < -0.39 is 36.7 Å². The summed E-state index contributed by atoms with van der Waals surface area (Å²) in [7, 11) is 0. The summed E-state index contributed by atoms with van der Waals surface area (Å²) in [5, 5.41) is 10.9. The Labute approximate surface area is 164 Å². The molecule has 2 aromatic heterocycles. The Balaban J connectivity index is 1.95. The van der Waals surface area contributed by atoms with Crippen molar-refractivity contribution in [2.75, 3.05) is 11.4 Å². The zero-order chi connectivity index (χ0) is 21.2. The molecule has 0 aliphatic heterocycles. The van der Waals surface area contributed by atoms with E-state index in [9.17, 15) is 26.3 Å². The molecule has 0 spiro atoms. The molecule has 0 saturated carbocycles. The van der Waals surface area contributed by atoms with E-state index in [0.717, 1.165) is 12.1 Å². The molecule has 0 amide bonds. The molecular weight excluding hydrogens is 422 g/mol. The van der Waals surface area contributed by atoms with Gasteiger partial charge in [-0.05, 0) is 23.6 Å². The van der Waals surface area contributed by atoms with Gasteiger partial charge < -0.3 is 9.32 Å². The van der Waals surface area contributed by atoms with Gasteiger partial charge in [-0.25, -0.2) is 4.85 Å². The first kappa shape index (κ1) is 20.7. The van der Waals surface area contributed by atoms with Crippen LogP contribution >= 0.6 is 11.3 Å². The number of hydrogen-bond donors (Lipinski definition) is 0. The second-order valence-corrected chi connectivity index (χ2v) is 6.58. The first-order valence-electron chi connectivity index (χ1n) is 7.82. The maximum Gasteiger partial charge on any atom is 0.407 e. The maximum atomic E-state index is 13.2. The van der Waals surface area contributed by atoms with Crippen LogP contribution in [0.2, 0.25) is 0 Å². The molecule has 0 aliphatic rings. The van der Waals surface area contributed by atoms with E-state index in [-0.39, 0.29) is 17.5 Å². The lowest BCUT2D eigenvalue weighted by Gasteiger charge is -2.25. The van der Waals surface area contributed by atoms with Gasteiger partial charge in [-0.1, -0.05) is 6.07 Å². The Bertz CT molecular complexity index is 1020. The lowest BCUT2D eigenvalue weighted by Crippen LogP contribution is -2.34. The lowest BCUT2D eigenvalue weighted by atomic mass is 10.1. The van der Waals surface area contributed by atoms with E-state index in [1.165, 1.54) is 11.3 Å². The van der Waals surface area contributed by atoms with Crippen molar-refractivity contribution in [3.8, 4) is 11.5 Å². The highest BCUT2D eigenvalue weighted by molar-refractivity contribution is 7.08.